The number of aromatic nitrogens is 1. The highest BCUT2D eigenvalue weighted by Gasteiger charge is 2.00. The number of nitrogens with one attached hydrogen (secondary N) is 2. The summed E-state index contributed by atoms with van der Waals surface area (Å²) in [6.45, 7) is 1.68. The van der Waals surface area contributed by atoms with Crippen LogP contribution in [0.5, 0.6) is 0 Å². The molecule has 0 aromatic carbocycles. The number of hydrogen-bond acceptors (Lipinski definition) is 5. The van der Waals surface area contributed by atoms with Gasteiger partial charge < -0.3 is 5.32 Å². The van der Waals surface area contributed by atoms with Crippen molar-refractivity contribution in [3.05, 3.63) is 30.1 Å². The molecule has 0 saturated carbocycles. The summed E-state index contributed by atoms with van der Waals surface area (Å²) in [6, 6.07) is 5.67. The van der Waals surface area contributed by atoms with E-state index in [1.54, 1.807) is 12.4 Å². The maximum absolute atomic E-state index is 4.13. The lowest BCUT2D eigenvalue weighted by molar-refractivity contribution is 0.919. The number of pyridine rings is 1. The highest BCUT2D eigenvalue weighted by Crippen LogP contribution is 1.87. The van der Waals surface area contributed by atoms with Crippen LogP contribution in [-0.4, -0.2) is 30.2 Å². The van der Waals surface area contributed by atoms with Crippen LogP contribution in [0.4, 0.5) is 0 Å². The van der Waals surface area contributed by atoms with E-state index < -0.39 is 0 Å². The molecule has 2 N–H and O–H groups in total. The fraction of sp³-hybridized carbons (Fsp3) is 0.222. The molecule has 0 bridgehead atoms. The molecule has 72 valence electrons. The topological polar surface area (TPSA) is 61.7 Å². The number of rotatable bonds is 2. The third kappa shape index (κ3) is 2.29. The second kappa shape index (κ2) is 4.36. The van der Waals surface area contributed by atoms with Crippen molar-refractivity contribution in [2.75, 3.05) is 13.1 Å². The van der Waals surface area contributed by atoms with Gasteiger partial charge in [0.05, 0.1) is 18.5 Å². The Morgan fingerprint density at radius 1 is 1.50 bits per heavy atom. The first-order chi connectivity index (χ1) is 6.95. The summed E-state index contributed by atoms with van der Waals surface area (Å²) in [5.41, 5.74) is 3.62. The minimum absolute atomic E-state index is 0.720. The van der Waals surface area contributed by atoms with E-state index in [1.165, 1.54) is 0 Å². The molecule has 1 aromatic heterocycles. The lowest BCUT2D eigenvalue weighted by Crippen LogP contribution is -2.30. The Morgan fingerprint density at radius 3 is 3.21 bits per heavy atom. The molecule has 0 radical (unpaired) electrons. The molecule has 0 amide bonds. The smallest absolute Gasteiger partial charge is 0.212 e. The fourth-order valence-corrected chi connectivity index (χ4v) is 1.08. The van der Waals surface area contributed by atoms with Crippen LogP contribution in [0.1, 0.15) is 5.69 Å². The van der Waals surface area contributed by atoms with Crippen molar-refractivity contribution < 1.29 is 0 Å². The number of aliphatic imine (C=N–C) groups is 1. The molecule has 0 spiro atoms. The average molecular weight is 189 g/mol. The molecule has 5 nitrogen and oxygen atoms in total. The van der Waals surface area contributed by atoms with Crippen LogP contribution < -0.4 is 10.7 Å². The molecule has 0 saturated heterocycles. The van der Waals surface area contributed by atoms with E-state index in [2.05, 4.69) is 25.8 Å². The highest BCUT2D eigenvalue weighted by atomic mass is 15.4. The molecule has 1 aliphatic heterocycles. The maximum Gasteiger partial charge on any atom is 0.212 e. The molecule has 0 unspecified atom stereocenters. The number of nitrogens with zero attached hydrogens (tertiary/aromatic N) is 3. The van der Waals surface area contributed by atoms with Gasteiger partial charge in [-0.15, -0.1) is 0 Å². The largest absolute Gasteiger partial charge is 0.353 e. The van der Waals surface area contributed by atoms with Crippen LogP contribution in [-0.2, 0) is 0 Å². The minimum atomic E-state index is 0.720. The van der Waals surface area contributed by atoms with E-state index in [0.29, 0.717) is 0 Å². The van der Waals surface area contributed by atoms with Gasteiger partial charge in [0.1, 0.15) is 0 Å². The van der Waals surface area contributed by atoms with Gasteiger partial charge in [0.2, 0.25) is 5.96 Å². The van der Waals surface area contributed by atoms with Crippen molar-refractivity contribution in [2.24, 2.45) is 10.1 Å². The van der Waals surface area contributed by atoms with Crippen LogP contribution in [0.3, 0.4) is 0 Å². The average Bonchev–Trinajstić information content (AvgIpc) is 2.72. The first kappa shape index (κ1) is 8.68. The Morgan fingerprint density at radius 2 is 2.50 bits per heavy atom. The minimum Gasteiger partial charge on any atom is -0.353 e. The number of hydrogen-bond donors (Lipinski definition) is 2. The normalized spacial score (nSPS) is 15.3. The van der Waals surface area contributed by atoms with E-state index >= 15 is 0 Å². The summed E-state index contributed by atoms with van der Waals surface area (Å²) in [5.74, 6) is 0.720. The zero-order valence-electron chi connectivity index (χ0n) is 7.64. The Bertz CT molecular complexity index is 343. The van der Waals surface area contributed by atoms with Crippen LogP contribution >= 0.6 is 0 Å². The molecule has 5 heteroatoms. The van der Waals surface area contributed by atoms with Crippen molar-refractivity contribution in [3.8, 4) is 0 Å². The third-order valence-corrected chi connectivity index (χ3v) is 1.73. The van der Waals surface area contributed by atoms with Gasteiger partial charge in [-0.2, -0.15) is 5.10 Å². The molecule has 2 heterocycles. The molecule has 0 fully saturated rings. The molecular formula is C9H11N5. The van der Waals surface area contributed by atoms with Gasteiger partial charge in [-0.05, 0) is 12.1 Å². The highest BCUT2D eigenvalue weighted by molar-refractivity contribution is 5.83. The van der Waals surface area contributed by atoms with Gasteiger partial charge in [-0.25, -0.2) is 10.4 Å². The van der Waals surface area contributed by atoms with E-state index in [1.807, 2.05) is 18.2 Å². The monoisotopic (exact) mass is 189 g/mol. The van der Waals surface area contributed by atoms with Gasteiger partial charge >= 0.3 is 0 Å². The van der Waals surface area contributed by atoms with Gasteiger partial charge in [0.25, 0.3) is 0 Å². The van der Waals surface area contributed by atoms with Crippen LogP contribution in [0.15, 0.2) is 34.5 Å². The van der Waals surface area contributed by atoms with Crippen LogP contribution in [0, 0.1) is 0 Å². The van der Waals surface area contributed by atoms with Crippen LogP contribution in [0.25, 0.3) is 0 Å². The van der Waals surface area contributed by atoms with Gasteiger partial charge in [-0.1, -0.05) is 6.07 Å². The fourth-order valence-electron chi connectivity index (χ4n) is 1.08. The first-order valence-electron chi connectivity index (χ1n) is 4.43. The predicted molar refractivity (Wildman–Crippen MR) is 55.3 cm³/mol. The van der Waals surface area contributed by atoms with Crippen LogP contribution in [0.2, 0.25) is 0 Å². The number of guanidine groups is 1. The quantitative estimate of drug-likeness (QED) is 0.507. The van der Waals surface area contributed by atoms with Crippen molar-refractivity contribution in [3.63, 3.8) is 0 Å². The lowest BCUT2D eigenvalue weighted by atomic mass is 10.4. The Labute approximate surface area is 82.0 Å². The first-order valence-corrected chi connectivity index (χ1v) is 4.43. The van der Waals surface area contributed by atoms with E-state index in [-0.39, 0.29) is 0 Å². The van der Waals surface area contributed by atoms with Crippen molar-refractivity contribution in [1.82, 2.24) is 15.7 Å². The summed E-state index contributed by atoms with van der Waals surface area (Å²) < 4.78 is 0. The Balaban J connectivity index is 1.88. The second-order valence-corrected chi connectivity index (χ2v) is 2.78. The molecule has 14 heavy (non-hydrogen) atoms. The zero-order chi connectivity index (χ0) is 9.64. The number of hydrazone groups is 1. The Kier molecular flexibility index (Phi) is 2.70. The molecule has 0 atom stereocenters. The maximum atomic E-state index is 4.13. The van der Waals surface area contributed by atoms with E-state index in [0.717, 1.165) is 24.7 Å². The van der Waals surface area contributed by atoms with E-state index in [4.69, 9.17) is 0 Å². The molecule has 0 aliphatic carbocycles. The summed E-state index contributed by atoms with van der Waals surface area (Å²) in [5, 5.41) is 7.04. The van der Waals surface area contributed by atoms with Gasteiger partial charge in [0, 0.05) is 12.7 Å². The van der Waals surface area contributed by atoms with E-state index in [9.17, 15) is 0 Å². The summed E-state index contributed by atoms with van der Waals surface area (Å²) in [6.07, 6.45) is 3.38. The third-order valence-electron chi connectivity index (χ3n) is 1.73. The Hall–Kier alpha value is -1.91. The summed E-state index contributed by atoms with van der Waals surface area (Å²) in [4.78, 5) is 8.22. The second-order valence-electron chi connectivity index (χ2n) is 2.78. The van der Waals surface area contributed by atoms with Gasteiger partial charge in [0.15, 0.2) is 0 Å². The SMILES string of the molecule is C(=N\NC1=NCCN1)/c1ccccn1. The van der Waals surface area contributed by atoms with Crippen molar-refractivity contribution in [2.45, 2.75) is 0 Å². The predicted octanol–water partition coefficient (Wildman–Crippen LogP) is -0.0357. The molecule has 1 aliphatic rings. The zero-order valence-corrected chi connectivity index (χ0v) is 7.64. The van der Waals surface area contributed by atoms with Gasteiger partial charge in [-0.3, -0.25) is 4.98 Å². The lowest BCUT2D eigenvalue weighted by Gasteiger charge is -1.98. The van der Waals surface area contributed by atoms with Crippen molar-refractivity contribution in [1.29, 1.82) is 0 Å². The molecule has 1 aromatic rings. The van der Waals surface area contributed by atoms with Crippen molar-refractivity contribution >= 4 is 12.2 Å². The standard InChI is InChI=1S/C9H11N5/c1-2-4-10-8(3-1)7-13-14-9-11-5-6-12-9/h1-4,7H,5-6H2,(H2,11,12,14)/b13-7+. The summed E-state index contributed by atoms with van der Waals surface area (Å²) >= 11 is 0. The molecule has 2 rings (SSSR count). The molecular weight excluding hydrogens is 178 g/mol. The summed E-state index contributed by atoms with van der Waals surface area (Å²) in [7, 11) is 0.